The molecule has 7 heteroatoms. The summed E-state index contributed by atoms with van der Waals surface area (Å²) in [6.45, 7) is 0. The van der Waals surface area contributed by atoms with Crippen LogP contribution < -0.4 is 5.32 Å². The first-order valence-corrected chi connectivity index (χ1v) is 5.10. The van der Waals surface area contributed by atoms with Gasteiger partial charge in [-0.15, -0.1) is 10.2 Å². The first-order chi connectivity index (χ1) is 7.63. The second kappa shape index (κ2) is 4.09. The summed E-state index contributed by atoms with van der Waals surface area (Å²) in [5.74, 6) is -3.97. The Morgan fingerprint density at radius 3 is 2.50 bits per heavy atom. The lowest BCUT2D eigenvalue weighted by Crippen LogP contribution is -1.93. The Balaban J connectivity index is 2.52. The monoisotopic (exact) mass is 245 g/mol. The summed E-state index contributed by atoms with van der Waals surface area (Å²) in [5.41, 5.74) is -0.0992. The van der Waals surface area contributed by atoms with Crippen molar-refractivity contribution in [3.8, 4) is 10.6 Å². The summed E-state index contributed by atoms with van der Waals surface area (Å²) >= 11 is 1.05. The first kappa shape index (κ1) is 10.9. The van der Waals surface area contributed by atoms with Gasteiger partial charge in [-0.3, -0.25) is 0 Å². The maximum Gasteiger partial charge on any atom is 0.205 e. The van der Waals surface area contributed by atoms with Gasteiger partial charge in [0.1, 0.15) is 0 Å². The molecular formula is C9H6F3N3S. The van der Waals surface area contributed by atoms with Crippen molar-refractivity contribution in [3.05, 3.63) is 29.6 Å². The number of aromatic nitrogens is 2. The standard InChI is InChI=1S/C9H6F3N3S/c1-13-9-15-14-8(16-9)4-2-3-5(10)7(12)6(4)11/h2-3H,1H3,(H,13,15). The molecule has 0 saturated heterocycles. The maximum absolute atomic E-state index is 13.4. The molecule has 0 bridgehead atoms. The molecule has 1 aromatic carbocycles. The molecule has 1 aromatic heterocycles. The van der Waals surface area contributed by atoms with Crippen molar-refractivity contribution in [2.45, 2.75) is 0 Å². The fourth-order valence-corrected chi connectivity index (χ4v) is 1.84. The van der Waals surface area contributed by atoms with E-state index in [4.69, 9.17) is 0 Å². The summed E-state index contributed by atoms with van der Waals surface area (Å²) in [4.78, 5) is 0. The van der Waals surface area contributed by atoms with Crippen LogP contribution in [0.15, 0.2) is 12.1 Å². The SMILES string of the molecule is CNc1nnc(-c2ccc(F)c(F)c2F)s1. The molecule has 2 aromatic rings. The van der Waals surface area contributed by atoms with E-state index in [-0.39, 0.29) is 10.6 Å². The Hall–Kier alpha value is -1.63. The van der Waals surface area contributed by atoms with Crippen molar-refractivity contribution in [2.75, 3.05) is 12.4 Å². The molecule has 0 aliphatic rings. The van der Waals surface area contributed by atoms with Crippen LogP contribution in [-0.4, -0.2) is 17.2 Å². The van der Waals surface area contributed by atoms with Gasteiger partial charge in [0.15, 0.2) is 22.5 Å². The molecule has 0 atom stereocenters. The van der Waals surface area contributed by atoms with Gasteiger partial charge < -0.3 is 5.32 Å². The van der Waals surface area contributed by atoms with Crippen molar-refractivity contribution in [3.63, 3.8) is 0 Å². The zero-order valence-electron chi connectivity index (χ0n) is 8.09. The predicted octanol–water partition coefficient (Wildman–Crippen LogP) is 2.66. The number of benzene rings is 1. The number of halogens is 3. The van der Waals surface area contributed by atoms with E-state index in [0.29, 0.717) is 5.13 Å². The van der Waals surface area contributed by atoms with Crippen LogP contribution in [0.25, 0.3) is 10.6 Å². The van der Waals surface area contributed by atoms with E-state index in [1.54, 1.807) is 7.05 Å². The molecule has 3 nitrogen and oxygen atoms in total. The highest BCUT2D eigenvalue weighted by atomic mass is 32.1. The van der Waals surface area contributed by atoms with Gasteiger partial charge in [-0.05, 0) is 12.1 Å². The van der Waals surface area contributed by atoms with Crippen molar-refractivity contribution >= 4 is 16.5 Å². The first-order valence-electron chi connectivity index (χ1n) is 4.28. The number of hydrogen-bond donors (Lipinski definition) is 1. The van der Waals surface area contributed by atoms with E-state index in [2.05, 4.69) is 15.5 Å². The van der Waals surface area contributed by atoms with Gasteiger partial charge in [0.25, 0.3) is 0 Å². The smallest absolute Gasteiger partial charge is 0.205 e. The summed E-state index contributed by atoms with van der Waals surface area (Å²) < 4.78 is 39.0. The third-order valence-corrected chi connectivity index (χ3v) is 2.88. The van der Waals surface area contributed by atoms with Crippen molar-refractivity contribution in [1.82, 2.24) is 10.2 Å². The van der Waals surface area contributed by atoms with Gasteiger partial charge in [0.05, 0.1) is 5.56 Å². The molecule has 0 saturated carbocycles. The van der Waals surface area contributed by atoms with Crippen LogP contribution in [0.2, 0.25) is 0 Å². The van der Waals surface area contributed by atoms with Crippen LogP contribution in [-0.2, 0) is 0 Å². The number of anilines is 1. The lowest BCUT2D eigenvalue weighted by Gasteiger charge is -1.99. The molecule has 2 rings (SSSR count). The highest BCUT2D eigenvalue weighted by Crippen LogP contribution is 2.29. The van der Waals surface area contributed by atoms with Crippen molar-refractivity contribution < 1.29 is 13.2 Å². The van der Waals surface area contributed by atoms with Gasteiger partial charge in [-0.1, -0.05) is 11.3 Å². The number of nitrogens with zero attached hydrogens (tertiary/aromatic N) is 2. The highest BCUT2D eigenvalue weighted by Gasteiger charge is 2.17. The molecule has 0 spiro atoms. The van der Waals surface area contributed by atoms with E-state index in [9.17, 15) is 13.2 Å². The van der Waals surface area contributed by atoms with Crippen LogP contribution in [0.5, 0.6) is 0 Å². The van der Waals surface area contributed by atoms with Crippen molar-refractivity contribution in [2.24, 2.45) is 0 Å². The van der Waals surface area contributed by atoms with Crippen LogP contribution in [0, 0.1) is 17.5 Å². The van der Waals surface area contributed by atoms with Gasteiger partial charge in [0.2, 0.25) is 5.13 Å². The molecule has 0 aliphatic carbocycles. The molecule has 84 valence electrons. The molecule has 0 unspecified atom stereocenters. The number of nitrogens with one attached hydrogen (secondary N) is 1. The third kappa shape index (κ3) is 1.73. The van der Waals surface area contributed by atoms with Gasteiger partial charge in [-0.2, -0.15) is 0 Å². The molecule has 16 heavy (non-hydrogen) atoms. The molecule has 0 aliphatic heterocycles. The highest BCUT2D eigenvalue weighted by molar-refractivity contribution is 7.18. The lowest BCUT2D eigenvalue weighted by atomic mass is 10.2. The minimum absolute atomic E-state index is 0.0992. The van der Waals surface area contributed by atoms with Crippen LogP contribution >= 0.6 is 11.3 Å². The third-order valence-electron chi connectivity index (χ3n) is 1.90. The van der Waals surface area contributed by atoms with Crippen LogP contribution in [0.3, 0.4) is 0 Å². The molecule has 1 N–H and O–H groups in total. The topological polar surface area (TPSA) is 37.8 Å². The lowest BCUT2D eigenvalue weighted by molar-refractivity contribution is 0.449. The van der Waals surface area contributed by atoms with Crippen LogP contribution in [0.4, 0.5) is 18.3 Å². The van der Waals surface area contributed by atoms with E-state index < -0.39 is 17.5 Å². The summed E-state index contributed by atoms with van der Waals surface area (Å²) in [7, 11) is 1.63. The summed E-state index contributed by atoms with van der Waals surface area (Å²) in [5, 5.41) is 10.7. The van der Waals surface area contributed by atoms with Crippen molar-refractivity contribution in [1.29, 1.82) is 0 Å². The quantitative estimate of drug-likeness (QED) is 0.826. The fourth-order valence-electron chi connectivity index (χ4n) is 1.12. The largest absolute Gasteiger partial charge is 0.363 e. The Morgan fingerprint density at radius 2 is 1.88 bits per heavy atom. The Morgan fingerprint density at radius 1 is 1.12 bits per heavy atom. The normalized spacial score (nSPS) is 10.5. The van der Waals surface area contributed by atoms with Crippen LogP contribution in [0.1, 0.15) is 0 Å². The molecule has 0 fully saturated rings. The van der Waals surface area contributed by atoms with E-state index in [1.165, 1.54) is 0 Å². The Bertz CT molecular complexity index is 527. The molecule has 0 radical (unpaired) electrons. The van der Waals surface area contributed by atoms with E-state index in [1.807, 2.05) is 0 Å². The maximum atomic E-state index is 13.4. The second-order valence-electron chi connectivity index (χ2n) is 2.89. The second-order valence-corrected chi connectivity index (χ2v) is 3.86. The zero-order chi connectivity index (χ0) is 11.7. The number of rotatable bonds is 2. The minimum Gasteiger partial charge on any atom is -0.363 e. The van der Waals surface area contributed by atoms with Gasteiger partial charge in [-0.25, -0.2) is 13.2 Å². The molecular weight excluding hydrogens is 239 g/mol. The number of hydrogen-bond acceptors (Lipinski definition) is 4. The molecule has 0 amide bonds. The summed E-state index contributed by atoms with van der Waals surface area (Å²) in [6.07, 6.45) is 0. The summed E-state index contributed by atoms with van der Waals surface area (Å²) in [6, 6.07) is 1.99. The Labute approximate surface area is 92.9 Å². The molecule has 1 heterocycles. The average molecular weight is 245 g/mol. The van der Waals surface area contributed by atoms with Gasteiger partial charge in [0, 0.05) is 7.05 Å². The predicted molar refractivity (Wildman–Crippen MR) is 54.8 cm³/mol. The zero-order valence-corrected chi connectivity index (χ0v) is 8.91. The van der Waals surface area contributed by atoms with E-state index in [0.717, 1.165) is 23.5 Å². The van der Waals surface area contributed by atoms with E-state index >= 15 is 0 Å². The minimum atomic E-state index is -1.50. The average Bonchev–Trinajstić information content (AvgIpc) is 2.74. The fraction of sp³-hybridized carbons (Fsp3) is 0.111. The van der Waals surface area contributed by atoms with Gasteiger partial charge >= 0.3 is 0 Å². The Kier molecular flexibility index (Phi) is 2.78.